The summed E-state index contributed by atoms with van der Waals surface area (Å²) in [5, 5.41) is 2.90. The fraction of sp³-hybridized carbons (Fsp3) is 0.588. The quantitative estimate of drug-likeness (QED) is 0.876. The normalized spacial score (nSPS) is 23.4. The minimum absolute atomic E-state index is 0.0852. The SMILES string of the molecule is NC1(C(=O)Nc2ccc(OCC3CCCO3)cc2)CCCC1. The van der Waals surface area contributed by atoms with Crippen molar-refractivity contribution in [2.24, 2.45) is 5.73 Å². The molecule has 5 nitrogen and oxygen atoms in total. The summed E-state index contributed by atoms with van der Waals surface area (Å²) < 4.78 is 11.2. The Hall–Kier alpha value is -1.59. The molecule has 3 rings (SSSR count). The third-order valence-corrected chi connectivity index (χ3v) is 4.52. The monoisotopic (exact) mass is 304 g/mol. The summed E-state index contributed by atoms with van der Waals surface area (Å²) in [6, 6.07) is 7.42. The summed E-state index contributed by atoms with van der Waals surface area (Å²) in [5.74, 6) is 0.704. The molecule has 0 radical (unpaired) electrons. The maximum atomic E-state index is 12.2. The first-order chi connectivity index (χ1) is 10.7. The molecule has 1 aliphatic heterocycles. The van der Waals surface area contributed by atoms with E-state index in [0.717, 1.165) is 56.6 Å². The number of benzene rings is 1. The summed E-state index contributed by atoms with van der Waals surface area (Å²) >= 11 is 0. The molecule has 120 valence electrons. The highest BCUT2D eigenvalue weighted by molar-refractivity contribution is 5.98. The molecule has 3 N–H and O–H groups in total. The summed E-state index contributed by atoms with van der Waals surface area (Å²) in [6.07, 6.45) is 5.97. The van der Waals surface area contributed by atoms with Crippen molar-refractivity contribution in [1.29, 1.82) is 0 Å². The highest BCUT2D eigenvalue weighted by atomic mass is 16.5. The van der Waals surface area contributed by atoms with Crippen LogP contribution < -0.4 is 15.8 Å². The van der Waals surface area contributed by atoms with E-state index in [-0.39, 0.29) is 12.0 Å². The Morgan fingerprint density at radius 2 is 2.00 bits per heavy atom. The highest BCUT2D eigenvalue weighted by Crippen LogP contribution is 2.28. The predicted octanol–water partition coefficient (Wildman–Crippen LogP) is 2.45. The lowest BCUT2D eigenvalue weighted by atomic mass is 9.98. The van der Waals surface area contributed by atoms with Crippen LogP contribution in [0, 0.1) is 0 Å². The standard InChI is InChI=1S/C17H24N2O3/c18-17(9-1-2-10-17)16(20)19-13-5-7-14(8-6-13)22-12-15-4-3-11-21-15/h5-8,15H,1-4,9-12,18H2,(H,19,20). The van der Waals surface area contributed by atoms with E-state index in [9.17, 15) is 4.79 Å². The topological polar surface area (TPSA) is 73.6 Å². The van der Waals surface area contributed by atoms with Crippen molar-refractivity contribution in [3.05, 3.63) is 24.3 Å². The lowest BCUT2D eigenvalue weighted by Gasteiger charge is -2.22. The summed E-state index contributed by atoms with van der Waals surface area (Å²) in [4.78, 5) is 12.2. The van der Waals surface area contributed by atoms with E-state index in [4.69, 9.17) is 15.2 Å². The molecular formula is C17H24N2O3. The molecule has 2 aliphatic rings. The first-order valence-electron chi connectivity index (χ1n) is 8.10. The van der Waals surface area contributed by atoms with Crippen molar-refractivity contribution in [3.8, 4) is 5.75 Å². The van der Waals surface area contributed by atoms with E-state index in [1.54, 1.807) is 0 Å². The second kappa shape index (κ2) is 6.67. The molecule has 22 heavy (non-hydrogen) atoms. The molecule has 1 saturated heterocycles. The second-order valence-corrected chi connectivity index (χ2v) is 6.29. The maximum Gasteiger partial charge on any atom is 0.244 e. The first kappa shape index (κ1) is 15.3. The van der Waals surface area contributed by atoms with Crippen molar-refractivity contribution in [1.82, 2.24) is 0 Å². The number of carbonyl (C=O) groups is 1. The van der Waals surface area contributed by atoms with Gasteiger partial charge in [-0.1, -0.05) is 12.8 Å². The zero-order valence-corrected chi connectivity index (χ0v) is 12.8. The van der Waals surface area contributed by atoms with Gasteiger partial charge < -0.3 is 20.5 Å². The molecule has 1 amide bonds. The molecule has 0 spiro atoms. The van der Waals surface area contributed by atoms with Gasteiger partial charge in [0.25, 0.3) is 0 Å². The van der Waals surface area contributed by atoms with Crippen molar-refractivity contribution < 1.29 is 14.3 Å². The lowest BCUT2D eigenvalue weighted by Crippen LogP contribution is -2.48. The molecule has 1 aliphatic carbocycles. The van der Waals surface area contributed by atoms with Crippen LogP contribution in [0.25, 0.3) is 0 Å². The number of amides is 1. The van der Waals surface area contributed by atoms with Gasteiger partial charge in [0.2, 0.25) is 5.91 Å². The summed E-state index contributed by atoms with van der Waals surface area (Å²) in [6.45, 7) is 1.41. The van der Waals surface area contributed by atoms with Crippen LogP contribution in [0.5, 0.6) is 5.75 Å². The molecule has 5 heteroatoms. The maximum absolute atomic E-state index is 12.2. The van der Waals surface area contributed by atoms with Crippen LogP contribution in [0.1, 0.15) is 38.5 Å². The minimum Gasteiger partial charge on any atom is -0.491 e. The molecule has 1 saturated carbocycles. The van der Waals surface area contributed by atoms with Crippen molar-refractivity contribution in [2.45, 2.75) is 50.2 Å². The zero-order valence-electron chi connectivity index (χ0n) is 12.8. The largest absolute Gasteiger partial charge is 0.491 e. The van der Waals surface area contributed by atoms with Crippen LogP contribution in [0.15, 0.2) is 24.3 Å². The van der Waals surface area contributed by atoms with Gasteiger partial charge in [-0.15, -0.1) is 0 Å². The summed E-state index contributed by atoms with van der Waals surface area (Å²) in [7, 11) is 0. The molecule has 0 aromatic heterocycles. The third kappa shape index (κ3) is 3.59. The number of anilines is 1. The molecular weight excluding hydrogens is 280 g/mol. The highest BCUT2D eigenvalue weighted by Gasteiger charge is 2.36. The van der Waals surface area contributed by atoms with Gasteiger partial charge in [0.15, 0.2) is 0 Å². The number of nitrogens with two attached hydrogens (primary N) is 1. The fourth-order valence-corrected chi connectivity index (χ4v) is 3.09. The number of hydrogen-bond donors (Lipinski definition) is 2. The molecule has 1 unspecified atom stereocenters. The van der Waals surface area contributed by atoms with Crippen molar-refractivity contribution >= 4 is 11.6 Å². The number of hydrogen-bond acceptors (Lipinski definition) is 4. The van der Waals surface area contributed by atoms with Gasteiger partial charge in [0.1, 0.15) is 12.4 Å². The van der Waals surface area contributed by atoms with E-state index in [1.165, 1.54) is 0 Å². The van der Waals surface area contributed by atoms with E-state index in [2.05, 4.69) is 5.32 Å². The van der Waals surface area contributed by atoms with Crippen molar-refractivity contribution in [2.75, 3.05) is 18.5 Å². The zero-order chi connectivity index (χ0) is 15.4. The Labute approximate surface area is 131 Å². The number of rotatable bonds is 5. The van der Waals surface area contributed by atoms with Gasteiger partial charge in [0.05, 0.1) is 11.6 Å². The molecule has 0 bridgehead atoms. The number of ether oxygens (including phenoxy) is 2. The van der Waals surface area contributed by atoms with Crippen LogP contribution in [0.4, 0.5) is 5.69 Å². The van der Waals surface area contributed by atoms with Crippen LogP contribution >= 0.6 is 0 Å². The minimum atomic E-state index is -0.699. The Morgan fingerprint density at radius 1 is 1.27 bits per heavy atom. The smallest absolute Gasteiger partial charge is 0.244 e. The lowest BCUT2D eigenvalue weighted by molar-refractivity contribution is -0.121. The predicted molar refractivity (Wildman–Crippen MR) is 84.9 cm³/mol. The Bertz CT molecular complexity index is 503. The van der Waals surface area contributed by atoms with Crippen molar-refractivity contribution in [3.63, 3.8) is 0 Å². The Morgan fingerprint density at radius 3 is 2.64 bits per heavy atom. The Kier molecular flexibility index (Phi) is 4.64. The average molecular weight is 304 g/mol. The van der Waals surface area contributed by atoms with Crippen LogP contribution in [0.2, 0.25) is 0 Å². The van der Waals surface area contributed by atoms with Crippen LogP contribution in [0.3, 0.4) is 0 Å². The van der Waals surface area contributed by atoms with E-state index in [0.29, 0.717) is 6.61 Å². The molecule has 1 atom stereocenters. The molecule has 1 heterocycles. The number of nitrogens with one attached hydrogen (secondary N) is 1. The van der Waals surface area contributed by atoms with Gasteiger partial charge in [-0.3, -0.25) is 4.79 Å². The Balaban J connectivity index is 1.51. The van der Waals surface area contributed by atoms with E-state index >= 15 is 0 Å². The molecule has 2 fully saturated rings. The van der Waals surface area contributed by atoms with E-state index < -0.39 is 5.54 Å². The molecule has 1 aromatic rings. The van der Waals surface area contributed by atoms with Gasteiger partial charge in [-0.2, -0.15) is 0 Å². The van der Waals surface area contributed by atoms with Gasteiger partial charge in [0, 0.05) is 12.3 Å². The summed E-state index contributed by atoms with van der Waals surface area (Å²) in [5.41, 5.74) is 6.20. The number of carbonyl (C=O) groups excluding carboxylic acids is 1. The second-order valence-electron chi connectivity index (χ2n) is 6.29. The van der Waals surface area contributed by atoms with E-state index in [1.807, 2.05) is 24.3 Å². The van der Waals surface area contributed by atoms with Crippen LogP contribution in [-0.2, 0) is 9.53 Å². The van der Waals surface area contributed by atoms with Crippen LogP contribution in [-0.4, -0.2) is 30.8 Å². The van der Waals surface area contributed by atoms with Gasteiger partial charge in [-0.05, 0) is 49.9 Å². The fourth-order valence-electron chi connectivity index (χ4n) is 3.09. The first-order valence-corrected chi connectivity index (χ1v) is 8.10. The average Bonchev–Trinajstić information content (AvgIpc) is 3.19. The molecule has 1 aromatic carbocycles. The van der Waals surface area contributed by atoms with Gasteiger partial charge in [-0.25, -0.2) is 0 Å². The van der Waals surface area contributed by atoms with Gasteiger partial charge >= 0.3 is 0 Å². The third-order valence-electron chi connectivity index (χ3n) is 4.52.